The number of halogens is 2. The molecule has 0 aliphatic heterocycles. The molecule has 0 amide bonds. The minimum atomic E-state index is 0.577. The summed E-state index contributed by atoms with van der Waals surface area (Å²) < 4.78 is 0.908. The van der Waals surface area contributed by atoms with Crippen LogP contribution in [0.1, 0.15) is 5.56 Å². The molecule has 17 heavy (non-hydrogen) atoms. The van der Waals surface area contributed by atoms with Crippen LogP contribution in [0.5, 0.6) is 0 Å². The number of hydrogen-bond acceptors (Lipinski definition) is 2. The first-order valence-electron chi connectivity index (χ1n) is 4.92. The molecular weight excluding hydrogens is 300 g/mol. The summed E-state index contributed by atoms with van der Waals surface area (Å²) >= 11 is 9.43. The Morgan fingerprint density at radius 3 is 2.59 bits per heavy atom. The van der Waals surface area contributed by atoms with Crippen LogP contribution in [0.25, 0.3) is 0 Å². The van der Waals surface area contributed by atoms with Crippen LogP contribution in [0.3, 0.4) is 0 Å². The van der Waals surface area contributed by atoms with E-state index in [2.05, 4.69) is 27.3 Å². The Morgan fingerprint density at radius 2 is 1.88 bits per heavy atom. The molecule has 4 heteroatoms. The molecular formula is C13H8BrClN2. The van der Waals surface area contributed by atoms with Gasteiger partial charge in [0.2, 0.25) is 0 Å². The van der Waals surface area contributed by atoms with Crippen LogP contribution in [0.4, 0.5) is 11.4 Å². The van der Waals surface area contributed by atoms with Crippen molar-refractivity contribution in [3.05, 3.63) is 57.5 Å². The van der Waals surface area contributed by atoms with Crippen LogP contribution in [0, 0.1) is 11.3 Å². The number of nitriles is 1. The lowest BCUT2D eigenvalue weighted by molar-refractivity contribution is 1.45. The molecule has 2 nitrogen and oxygen atoms in total. The molecule has 0 spiro atoms. The van der Waals surface area contributed by atoms with Crippen molar-refractivity contribution in [1.29, 1.82) is 5.26 Å². The first-order chi connectivity index (χ1) is 8.20. The van der Waals surface area contributed by atoms with Gasteiger partial charge in [0, 0.05) is 4.47 Å². The van der Waals surface area contributed by atoms with Gasteiger partial charge in [0.15, 0.2) is 0 Å². The summed E-state index contributed by atoms with van der Waals surface area (Å²) in [6, 6.07) is 15.0. The highest BCUT2D eigenvalue weighted by Gasteiger charge is 2.05. The fourth-order valence-corrected chi connectivity index (χ4v) is 1.97. The van der Waals surface area contributed by atoms with Crippen molar-refractivity contribution in [3.63, 3.8) is 0 Å². The predicted octanol–water partition coefficient (Wildman–Crippen LogP) is 4.72. The molecule has 0 saturated heterocycles. The number of hydrogen-bond donors (Lipinski definition) is 1. The highest BCUT2D eigenvalue weighted by molar-refractivity contribution is 9.10. The molecule has 0 fully saturated rings. The summed E-state index contributed by atoms with van der Waals surface area (Å²) in [6.45, 7) is 0. The van der Waals surface area contributed by atoms with E-state index in [0.717, 1.165) is 15.8 Å². The quantitative estimate of drug-likeness (QED) is 0.871. The van der Waals surface area contributed by atoms with Gasteiger partial charge in [-0.05, 0) is 30.3 Å². The second-order valence-electron chi connectivity index (χ2n) is 3.41. The van der Waals surface area contributed by atoms with E-state index in [1.807, 2.05) is 30.3 Å². The average molecular weight is 308 g/mol. The van der Waals surface area contributed by atoms with Gasteiger partial charge in [0.05, 0.1) is 22.0 Å². The minimum Gasteiger partial charge on any atom is -0.353 e. The molecule has 2 aromatic rings. The van der Waals surface area contributed by atoms with Gasteiger partial charge >= 0.3 is 0 Å². The zero-order valence-corrected chi connectivity index (χ0v) is 11.1. The number of nitrogens with one attached hydrogen (secondary N) is 1. The molecule has 0 saturated carbocycles. The molecule has 0 atom stereocenters. The van der Waals surface area contributed by atoms with Crippen LogP contribution in [0.2, 0.25) is 5.02 Å². The summed E-state index contributed by atoms with van der Waals surface area (Å²) in [5.74, 6) is 0. The molecule has 84 valence electrons. The molecule has 0 aliphatic carbocycles. The van der Waals surface area contributed by atoms with Gasteiger partial charge in [-0.3, -0.25) is 0 Å². The van der Waals surface area contributed by atoms with Crippen LogP contribution in [-0.4, -0.2) is 0 Å². The van der Waals surface area contributed by atoms with Crippen LogP contribution in [0.15, 0.2) is 46.9 Å². The van der Waals surface area contributed by atoms with Crippen molar-refractivity contribution in [2.45, 2.75) is 0 Å². The maximum atomic E-state index is 9.02. The number of para-hydroxylation sites is 1. The summed E-state index contributed by atoms with van der Waals surface area (Å²) in [5, 5.41) is 12.8. The van der Waals surface area contributed by atoms with E-state index in [-0.39, 0.29) is 0 Å². The maximum absolute atomic E-state index is 9.02. The number of rotatable bonds is 2. The van der Waals surface area contributed by atoms with Crippen molar-refractivity contribution in [2.75, 3.05) is 5.32 Å². The highest BCUT2D eigenvalue weighted by atomic mass is 79.9. The number of anilines is 2. The minimum absolute atomic E-state index is 0.577. The second-order valence-corrected chi connectivity index (χ2v) is 4.73. The van der Waals surface area contributed by atoms with Gasteiger partial charge in [-0.15, -0.1) is 0 Å². The predicted molar refractivity (Wildman–Crippen MR) is 73.6 cm³/mol. The summed E-state index contributed by atoms with van der Waals surface area (Å²) in [5.41, 5.74) is 2.09. The van der Waals surface area contributed by atoms with Gasteiger partial charge in [-0.25, -0.2) is 0 Å². The Kier molecular flexibility index (Phi) is 3.68. The molecule has 2 aromatic carbocycles. The lowest BCUT2D eigenvalue weighted by Crippen LogP contribution is -1.94. The number of benzene rings is 2. The van der Waals surface area contributed by atoms with E-state index < -0.39 is 0 Å². The fraction of sp³-hybridized carbons (Fsp3) is 0. The summed E-state index contributed by atoms with van der Waals surface area (Å²) in [4.78, 5) is 0. The lowest BCUT2D eigenvalue weighted by Gasteiger charge is -2.10. The van der Waals surface area contributed by atoms with Crippen LogP contribution < -0.4 is 5.32 Å². The number of nitrogens with zero attached hydrogens (tertiary/aromatic N) is 1. The Morgan fingerprint density at radius 1 is 1.12 bits per heavy atom. The van der Waals surface area contributed by atoms with E-state index >= 15 is 0 Å². The fourth-order valence-electron chi connectivity index (χ4n) is 1.43. The van der Waals surface area contributed by atoms with Crippen molar-refractivity contribution in [3.8, 4) is 6.07 Å². The normalized spacial score (nSPS) is 9.71. The molecule has 0 radical (unpaired) electrons. The Bertz CT molecular complexity index is 590. The Hall–Kier alpha value is -1.50. The topological polar surface area (TPSA) is 35.8 Å². The zero-order valence-electron chi connectivity index (χ0n) is 8.74. The monoisotopic (exact) mass is 306 g/mol. The van der Waals surface area contributed by atoms with Crippen LogP contribution >= 0.6 is 27.5 Å². The van der Waals surface area contributed by atoms with Crippen LogP contribution in [-0.2, 0) is 0 Å². The summed E-state index contributed by atoms with van der Waals surface area (Å²) in [6.07, 6.45) is 0. The first kappa shape index (κ1) is 12.0. The second kappa shape index (κ2) is 5.22. The zero-order chi connectivity index (χ0) is 12.3. The Balaban J connectivity index is 2.40. The van der Waals surface area contributed by atoms with E-state index in [1.165, 1.54) is 0 Å². The van der Waals surface area contributed by atoms with Gasteiger partial charge in [-0.2, -0.15) is 5.26 Å². The molecule has 2 rings (SSSR count). The SMILES string of the molecule is N#Cc1ccc(Br)cc1Nc1ccccc1Cl. The molecule has 0 aliphatic rings. The van der Waals surface area contributed by atoms with Crippen molar-refractivity contribution in [1.82, 2.24) is 0 Å². The molecule has 0 aromatic heterocycles. The molecule has 0 heterocycles. The Labute approximate surface area is 113 Å². The van der Waals surface area contributed by atoms with E-state index in [4.69, 9.17) is 16.9 Å². The molecule has 0 bridgehead atoms. The van der Waals surface area contributed by atoms with Gasteiger partial charge in [0.1, 0.15) is 6.07 Å². The third-order valence-corrected chi connectivity index (χ3v) is 3.07. The smallest absolute Gasteiger partial charge is 0.101 e. The largest absolute Gasteiger partial charge is 0.353 e. The molecule has 1 N–H and O–H groups in total. The molecule has 0 unspecified atom stereocenters. The average Bonchev–Trinajstić information content (AvgIpc) is 2.32. The van der Waals surface area contributed by atoms with E-state index in [1.54, 1.807) is 12.1 Å². The van der Waals surface area contributed by atoms with Gasteiger partial charge < -0.3 is 5.32 Å². The standard InChI is InChI=1S/C13H8BrClN2/c14-10-6-5-9(8-16)13(7-10)17-12-4-2-1-3-11(12)15/h1-7,17H. The first-order valence-corrected chi connectivity index (χ1v) is 6.09. The third-order valence-electron chi connectivity index (χ3n) is 2.25. The lowest BCUT2D eigenvalue weighted by atomic mass is 10.2. The van der Waals surface area contributed by atoms with E-state index in [0.29, 0.717) is 10.6 Å². The van der Waals surface area contributed by atoms with Gasteiger partial charge in [-0.1, -0.05) is 39.7 Å². The highest BCUT2D eigenvalue weighted by Crippen LogP contribution is 2.28. The van der Waals surface area contributed by atoms with Gasteiger partial charge in [0.25, 0.3) is 0 Å². The van der Waals surface area contributed by atoms with Crippen molar-refractivity contribution < 1.29 is 0 Å². The maximum Gasteiger partial charge on any atom is 0.101 e. The third kappa shape index (κ3) is 2.79. The summed E-state index contributed by atoms with van der Waals surface area (Å²) in [7, 11) is 0. The van der Waals surface area contributed by atoms with E-state index in [9.17, 15) is 0 Å². The van der Waals surface area contributed by atoms with Crippen molar-refractivity contribution >= 4 is 38.9 Å². The van der Waals surface area contributed by atoms with Crippen molar-refractivity contribution in [2.24, 2.45) is 0 Å².